The highest BCUT2D eigenvalue weighted by Gasteiger charge is 2.20. The smallest absolute Gasteiger partial charge is 0.260 e. The minimum Gasteiger partial charge on any atom is -0.309 e. The van der Waals surface area contributed by atoms with Gasteiger partial charge in [0.2, 0.25) is 0 Å². The van der Waals surface area contributed by atoms with Crippen LogP contribution in [0, 0.1) is 0 Å². The van der Waals surface area contributed by atoms with E-state index in [2.05, 4.69) is 15.2 Å². The summed E-state index contributed by atoms with van der Waals surface area (Å²) in [6.45, 7) is 2.02. The first kappa shape index (κ1) is 18.7. The fourth-order valence-corrected chi connectivity index (χ4v) is 6.41. The van der Waals surface area contributed by atoms with E-state index in [9.17, 15) is 4.79 Å². The zero-order valence-corrected chi connectivity index (χ0v) is 18.7. The molecule has 0 aliphatic carbocycles. The van der Waals surface area contributed by atoms with Gasteiger partial charge in [-0.1, -0.05) is 23.9 Å². The Morgan fingerprint density at radius 2 is 1.86 bits per heavy atom. The molecule has 1 atom stereocenters. The lowest BCUT2D eigenvalue weighted by molar-refractivity contribution is 0.787. The maximum Gasteiger partial charge on any atom is 0.260 e. The molecule has 0 saturated heterocycles. The van der Waals surface area contributed by atoms with E-state index in [1.54, 1.807) is 22.7 Å². The minimum absolute atomic E-state index is 0.0709. The predicted molar refractivity (Wildman–Crippen MR) is 122 cm³/mol. The van der Waals surface area contributed by atoms with Gasteiger partial charge in [0, 0.05) is 22.9 Å². The van der Waals surface area contributed by atoms with Crippen molar-refractivity contribution in [1.82, 2.24) is 24.7 Å². The van der Waals surface area contributed by atoms with Crippen molar-refractivity contribution in [3.63, 3.8) is 0 Å². The van der Waals surface area contributed by atoms with Gasteiger partial charge in [-0.25, -0.2) is 4.98 Å². The van der Waals surface area contributed by atoms with Crippen molar-refractivity contribution in [3.8, 4) is 21.1 Å². The van der Waals surface area contributed by atoms with Crippen LogP contribution in [0.25, 0.3) is 31.4 Å². The highest BCUT2D eigenvalue weighted by atomic mass is 32.2. The normalized spacial score (nSPS) is 12.6. The van der Waals surface area contributed by atoms with Gasteiger partial charge in [-0.05, 0) is 29.8 Å². The van der Waals surface area contributed by atoms with Crippen LogP contribution in [0.4, 0.5) is 0 Å². The van der Waals surface area contributed by atoms with E-state index in [4.69, 9.17) is 4.98 Å². The molecule has 5 aromatic rings. The van der Waals surface area contributed by atoms with E-state index in [1.807, 2.05) is 58.9 Å². The van der Waals surface area contributed by atoms with Gasteiger partial charge in [0.05, 0.1) is 15.5 Å². The highest BCUT2D eigenvalue weighted by molar-refractivity contribution is 7.99. The first-order valence-corrected chi connectivity index (χ1v) is 12.3. The average Bonchev–Trinajstić information content (AvgIpc) is 3.49. The second-order valence-electron chi connectivity index (χ2n) is 6.36. The Hall–Kier alpha value is -2.27. The van der Waals surface area contributed by atoms with E-state index in [0.717, 1.165) is 31.1 Å². The number of rotatable bonds is 5. The molecule has 6 nitrogen and oxygen atoms in total. The van der Waals surface area contributed by atoms with E-state index in [1.165, 1.54) is 23.1 Å². The molecule has 146 valence electrons. The van der Waals surface area contributed by atoms with Crippen LogP contribution in [-0.2, 0) is 7.05 Å². The molecule has 0 spiro atoms. The molecule has 5 rings (SSSR count). The summed E-state index contributed by atoms with van der Waals surface area (Å²) in [6, 6.07) is 8.04. The molecule has 0 aromatic carbocycles. The van der Waals surface area contributed by atoms with Gasteiger partial charge < -0.3 is 9.55 Å². The lowest BCUT2D eigenvalue weighted by Gasteiger charge is -2.10. The fraction of sp³-hybridized carbons (Fsp3) is 0.158. The summed E-state index contributed by atoms with van der Waals surface area (Å²) < 4.78 is 1.98. The third-order valence-corrected chi connectivity index (χ3v) is 8.28. The predicted octanol–water partition coefficient (Wildman–Crippen LogP) is 5.42. The number of H-pyrrole nitrogens is 1. The van der Waals surface area contributed by atoms with Crippen molar-refractivity contribution in [3.05, 3.63) is 56.6 Å². The van der Waals surface area contributed by atoms with Crippen LogP contribution in [0.1, 0.15) is 18.0 Å². The average molecular weight is 458 g/mol. The van der Waals surface area contributed by atoms with Gasteiger partial charge in [0.25, 0.3) is 5.56 Å². The fourth-order valence-electron chi connectivity index (χ4n) is 3.02. The molecular formula is C19H15N5OS4. The van der Waals surface area contributed by atoms with Crippen molar-refractivity contribution in [1.29, 1.82) is 0 Å². The van der Waals surface area contributed by atoms with Crippen LogP contribution in [0.5, 0.6) is 0 Å². The molecule has 0 amide bonds. The summed E-state index contributed by atoms with van der Waals surface area (Å²) in [5.74, 6) is 1.48. The van der Waals surface area contributed by atoms with Crippen molar-refractivity contribution in [2.75, 3.05) is 0 Å². The molecule has 0 aliphatic rings. The lowest BCUT2D eigenvalue weighted by atomic mass is 10.2. The number of nitrogens with zero attached hydrogens (tertiary/aromatic N) is 4. The van der Waals surface area contributed by atoms with Gasteiger partial charge in [-0.2, -0.15) is 0 Å². The number of nitrogens with one attached hydrogen (secondary N) is 1. The molecule has 0 aliphatic heterocycles. The lowest BCUT2D eigenvalue weighted by Crippen LogP contribution is -2.12. The van der Waals surface area contributed by atoms with Crippen LogP contribution in [-0.4, -0.2) is 24.7 Å². The number of hydrogen-bond acceptors (Lipinski definition) is 8. The number of aromatic amines is 1. The van der Waals surface area contributed by atoms with Crippen LogP contribution in [0.3, 0.4) is 0 Å². The standard InChI is InChI=1S/C19H15N5OS4/c1-10(29-19-23-22-16(24(19)2)13-6-4-8-27-13)15-20-17(25)14-11(9-28-18(14)21-15)12-5-3-7-26-12/h3-10H,1-2H3,(H,20,21,25). The van der Waals surface area contributed by atoms with E-state index < -0.39 is 0 Å². The van der Waals surface area contributed by atoms with Crippen molar-refractivity contribution >= 4 is 56.0 Å². The number of fused-ring (bicyclic) bond motifs is 1. The Labute approximate surface area is 182 Å². The Morgan fingerprint density at radius 1 is 1.10 bits per heavy atom. The molecule has 0 bridgehead atoms. The first-order chi connectivity index (χ1) is 14.1. The Kier molecular flexibility index (Phi) is 4.86. The number of hydrogen-bond donors (Lipinski definition) is 1. The van der Waals surface area contributed by atoms with Crippen LogP contribution >= 0.6 is 45.8 Å². The molecule has 29 heavy (non-hydrogen) atoms. The summed E-state index contributed by atoms with van der Waals surface area (Å²) in [7, 11) is 1.95. The van der Waals surface area contributed by atoms with Crippen LogP contribution in [0.2, 0.25) is 0 Å². The molecule has 0 fully saturated rings. The van der Waals surface area contributed by atoms with Crippen molar-refractivity contribution < 1.29 is 0 Å². The van der Waals surface area contributed by atoms with Gasteiger partial charge in [-0.3, -0.25) is 4.79 Å². The largest absolute Gasteiger partial charge is 0.309 e. The third-order valence-electron chi connectivity index (χ3n) is 4.49. The monoisotopic (exact) mass is 457 g/mol. The molecule has 1 N–H and O–H groups in total. The van der Waals surface area contributed by atoms with Gasteiger partial charge in [-0.15, -0.1) is 44.2 Å². The van der Waals surface area contributed by atoms with E-state index in [0.29, 0.717) is 11.2 Å². The summed E-state index contributed by atoms with van der Waals surface area (Å²) in [4.78, 5) is 23.5. The minimum atomic E-state index is -0.0978. The topological polar surface area (TPSA) is 76.5 Å². The second-order valence-corrected chi connectivity index (χ2v) is 10.4. The second kappa shape index (κ2) is 7.52. The highest BCUT2D eigenvalue weighted by Crippen LogP contribution is 2.37. The Balaban J connectivity index is 1.46. The van der Waals surface area contributed by atoms with Gasteiger partial charge in [0.1, 0.15) is 10.7 Å². The molecule has 5 aromatic heterocycles. The quantitative estimate of drug-likeness (QED) is 0.357. The molecule has 0 radical (unpaired) electrons. The zero-order chi connectivity index (χ0) is 20.0. The van der Waals surface area contributed by atoms with Crippen LogP contribution < -0.4 is 5.56 Å². The van der Waals surface area contributed by atoms with Gasteiger partial charge >= 0.3 is 0 Å². The summed E-state index contributed by atoms with van der Waals surface area (Å²) >= 11 is 6.29. The maximum atomic E-state index is 12.8. The Morgan fingerprint density at radius 3 is 2.59 bits per heavy atom. The van der Waals surface area contributed by atoms with Crippen LogP contribution in [0.15, 0.2) is 50.4 Å². The number of thioether (sulfide) groups is 1. The Bertz CT molecular complexity index is 1330. The molecular weight excluding hydrogens is 443 g/mol. The molecule has 0 saturated carbocycles. The maximum absolute atomic E-state index is 12.8. The zero-order valence-electron chi connectivity index (χ0n) is 15.4. The van der Waals surface area contributed by atoms with Gasteiger partial charge in [0.15, 0.2) is 11.0 Å². The summed E-state index contributed by atoms with van der Waals surface area (Å²) in [6.07, 6.45) is 0. The SMILES string of the molecule is CC(Sc1nnc(-c2cccs2)n1C)c1nc2scc(-c3cccs3)c2c(=O)[nH]1. The van der Waals surface area contributed by atoms with Crippen molar-refractivity contribution in [2.45, 2.75) is 17.3 Å². The van der Waals surface area contributed by atoms with E-state index in [-0.39, 0.29) is 10.8 Å². The number of aromatic nitrogens is 5. The molecule has 10 heteroatoms. The molecule has 5 heterocycles. The first-order valence-electron chi connectivity index (χ1n) is 8.77. The van der Waals surface area contributed by atoms with Crippen molar-refractivity contribution in [2.24, 2.45) is 7.05 Å². The van der Waals surface area contributed by atoms with E-state index >= 15 is 0 Å². The number of thiophene rings is 3. The summed E-state index contributed by atoms with van der Waals surface area (Å²) in [5.41, 5.74) is 0.855. The molecule has 1 unspecified atom stereocenters. The third kappa shape index (κ3) is 3.35. The summed E-state index contributed by atoms with van der Waals surface area (Å²) in [5, 5.41) is 16.1.